The molecule has 0 spiro atoms. The Morgan fingerprint density at radius 1 is 1.27 bits per heavy atom. The second-order valence-electron chi connectivity index (χ2n) is 4.94. The first-order valence-corrected chi connectivity index (χ1v) is 9.25. The van der Waals surface area contributed by atoms with Gasteiger partial charge in [-0.05, 0) is 28.1 Å². The molecule has 0 saturated carbocycles. The van der Waals surface area contributed by atoms with Crippen molar-refractivity contribution in [2.75, 3.05) is 26.3 Å². The minimum Gasteiger partial charge on any atom is -0.492 e. The number of rotatable bonds is 3. The number of ether oxygens (including phenoxy) is 1. The first kappa shape index (κ1) is 14.6. The quantitative estimate of drug-likeness (QED) is 0.731. The van der Waals surface area contributed by atoms with Crippen LogP contribution < -0.4 is 0 Å². The zero-order chi connectivity index (χ0) is 15.1. The lowest BCUT2D eigenvalue weighted by atomic mass is 10.1. The van der Waals surface area contributed by atoms with Crippen LogP contribution in [0.2, 0.25) is 0 Å². The Morgan fingerprint density at radius 3 is 2.77 bits per heavy atom. The molecule has 3 aromatic rings. The number of hydrogen-bond acceptors (Lipinski definition) is 7. The van der Waals surface area contributed by atoms with Gasteiger partial charge in [0, 0.05) is 18.0 Å². The molecule has 0 amide bonds. The number of morpholine rings is 1. The molecule has 1 aliphatic rings. The third-order valence-electron chi connectivity index (χ3n) is 3.66. The molecule has 4 heterocycles. The molecule has 1 N–H and O–H groups in total. The van der Waals surface area contributed by atoms with Crippen LogP contribution in [-0.2, 0) is 4.74 Å². The normalized spacial score (nSPS) is 18.0. The van der Waals surface area contributed by atoms with Gasteiger partial charge in [0.15, 0.2) is 0 Å². The van der Waals surface area contributed by atoms with Gasteiger partial charge in [-0.3, -0.25) is 4.90 Å². The lowest BCUT2D eigenvalue weighted by Crippen LogP contribution is -2.39. The summed E-state index contributed by atoms with van der Waals surface area (Å²) in [4.78, 5) is 9.31. The molecule has 116 valence electrons. The minimum absolute atomic E-state index is 0.00806. The van der Waals surface area contributed by atoms with Crippen LogP contribution in [0, 0.1) is 0 Å². The summed E-state index contributed by atoms with van der Waals surface area (Å²) in [5.41, 5.74) is 0. The molecule has 0 aliphatic carbocycles. The Hall–Kier alpha value is -1.00. The maximum atomic E-state index is 10.6. The van der Waals surface area contributed by atoms with Crippen LogP contribution in [-0.4, -0.2) is 50.9 Å². The number of halogens is 1. The van der Waals surface area contributed by atoms with Crippen molar-refractivity contribution < 1.29 is 9.84 Å². The lowest BCUT2D eigenvalue weighted by molar-refractivity contribution is 0.0247. The largest absolute Gasteiger partial charge is 0.492 e. The molecule has 1 saturated heterocycles. The average Bonchev–Trinajstić information content (AvgIpc) is 3.22. The summed E-state index contributed by atoms with van der Waals surface area (Å²) in [5.74, 6) is 0.179. The monoisotopic (exact) mass is 400 g/mol. The van der Waals surface area contributed by atoms with Crippen LogP contribution in [0.1, 0.15) is 15.8 Å². The van der Waals surface area contributed by atoms with Gasteiger partial charge < -0.3 is 9.84 Å². The molecule has 4 rings (SSSR count). The van der Waals surface area contributed by atoms with Crippen molar-refractivity contribution in [3.05, 3.63) is 32.0 Å². The first-order valence-electron chi connectivity index (χ1n) is 6.82. The summed E-state index contributed by atoms with van der Waals surface area (Å²) in [6, 6.07) is 4.15. The Bertz CT molecular complexity index is 793. The van der Waals surface area contributed by atoms with Gasteiger partial charge >= 0.3 is 0 Å². The van der Waals surface area contributed by atoms with Gasteiger partial charge in [-0.25, -0.2) is 4.98 Å². The highest BCUT2D eigenvalue weighted by molar-refractivity contribution is 9.11. The van der Waals surface area contributed by atoms with Crippen molar-refractivity contribution in [2.24, 2.45) is 0 Å². The van der Waals surface area contributed by atoms with Gasteiger partial charge in [0.2, 0.25) is 10.8 Å². The molecule has 1 aliphatic heterocycles. The first-order chi connectivity index (χ1) is 10.7. The van der Waals surface area contributed by atoms with Crippen LogP contribution in [0.5, 0.6) is 5.88 Å². The molecule has 0 aromatic carbocycles. The number of thiophene rings is 1. The fourth-order valence-electron chi connectivity index (χ4n) is 2.66. The van der Waals surface area contributed by atoms with Crippen LogP contribution in [0.15, 0.2) is 22.2 Å². The van der Waals surface area contributed by atoms with E-state index in [0.717, 1.165) is 21.8 Å². The average molecular weight is 401 g/mol. The molecule has 6 nitrogen and oxygen atoms in total. The maximum absolute atomic E-state index is 10.6. The van der Waals surface area contributed by atoms with E-state index < -0.39 is 0 Å². The molecule has 3 aromatic heterocycles. The third-order valence-corrected chi connectivity index (χ3v) is 6.42. The molecule has 1 atom stereocenters. The summed E-state index contributed by atoms with van der Waals surface area (Å²) in [6.07, 6.45) is 1.46. The van der Waals surface area contributed by atoms with Crippen LogP contribution in [0.25, 0.3) is 4.96 Å². The van der Waals surface area contributed by atoms with E-state index in [2.05, 4.69) is 37.0 Å². The molecule has 1 fully saturated rings. The molecular weight excluding hydrogens is 388 g/mol. The predicted molar refractivity (Wildman–Crippen MR) is 88.8 cm³/mol. The Balaban J connectivity index is 1.81. The van der Waals surface area contributed by atoms with Gasteiger partial charge in [0.1, 0.15) is 6.33 Å². The van der Waals surface area contributed by atoms with Crippen molar-refractivity contribution in [3.63, 3.8) is 0 Å². The third kappa shape index (κ3) is 2.46. The molecule has 9 heteroatoms. The second kappa shape index (κ2) is 5.89. The highest BCUT2D eigenvalue weighted by Crippen LogP contribution is 2.42. The number of hydrogen-bond donors (Lipinski definition) is 1. The van der Waals surface area contributed by atoms with E-state index in [1.165, 1.54) is 27.1 Å². The van der Waals surface area contributed by atoms with E-state index >= 15 is 0 Å². The minimum atomic E-state index is 0.00806. The van der Waals surface area contributed by atoms with Crippen molar-refractivity contribution in [2.45, 2.75) is 6.04 Å². The topological polar surface area (TPSA) is 62.9 Å². The van der Waals surface area contributed by atoms with Crippen LogP contribution >= 0.6 is 38.6 Å². The zero-order valence-electron chi connectivity index (χ0n) is 11.5. The zero-order valence-corrected chi connectivity index (χ0v) is 14.7. The van der Waals surface area contributed by atoms with Crippen molar-refractivity contribution in [3.8, 4) is 5.88 Å². The molecule has 0 bridgehead atoms. The molecule has 0 radical (unpaired) electrons. The highest BCUT2D eigenvalue weighted by Gasteiger charge is 2.31. The fourth-order valence-corrected chi connectivity index (χ4v) is 5.38. The molecular formula is C13H13BrN4O2S2. The molecule has 0 unspecified atom stereocenters. The summed E-state index contributed by atoms with van der Waals surface area (Å²) >= 11 is 6.70. The summed E-state index contributed by atoms with van der Waals surface area (Å²) < 4.78 is 8.04. The fraction of sp³-hybridized carbons (Fsp3) is 0.385. The number of aromatic hydroxyl groups is 1. The maximum Gasteiger partial charge on any atom is 0.230 e. The van der Waals surface area contributed by atoms with Gasteiger partial charge in [-0.15, -0.1) is 11.3 Å². The van der Waals surface area contributed by atoms with Crippen molar-refractivity contribution in [1.29, 1.82) is 0 Å². The number of nitrogens with zero attached hydrogens (tertiary/aromatic N) is 4. The van der Waals surface area contributed by atoms with E-state index in [0.29, 0.717) is 18.2 Å². The summed E-state index contributed by atoms with van der Waals surface area (Å²) in [5, 5.41) is 14.6. The number of fused-ring (bicyclic) bond motifs is 1. The number of thiazole rings is 1. The van der Waals surface area contributed by atoms with Gasteiger partial charge in [0.05, 0.1) is 27.9 Å². The van der Waals surface area contributed by atoms with E-state index in [1.807, 2.05) is 6.07 Å². The van der Waals surface area contributed by atoms with Crippen LogP contribution in [0.3, 0.4) is 0 Å². The van der Waals surface area contributed by atoms with Gasteiger partial charge in [0.25, 0.3) is 0 Å². The van der Waals surface area contributed by atoms with Gasteiger partial charge in [-0.1, -0.05) is 11.3 Å². The summed E-state index contributed by atoms with van der Waals surface area (Å²) in [7, 11) is 0. The lowest BCUT2D eigenvalue weighted by Gasteiger charge is -2.33. The standard InChI is InChI=1S/C13H13BrN4O2S2/c14-9-2-1-8(21-9)10(17-3-5-20-6-4-17)11-12(19)18-13(22-11)15-7-16-18/h1-2,7,10,19H,3-6H2/t10-/m1/s1. The van der Waals surface area contributed by atoms with Gasteiger partial charge in [-0.2, -0.15) is 9.61 Å². The number of aromatic nitrogens is 3. The van der Waals surface area contributed by atoms with Crippen molar-refractivity contribution >= 4 is 43.6 Å². The Morgan fingerprint density at radius 2 is 2.09 bits per heavy atom. The van der Waals surface area contributed by atoms with Crippen LogP contribution in [0.4, 0.5) is 0 Å². The Kier molecular flexibility index (Phi) is 3.91. The second-order valence-corrected chi connectivity index (χ2v) is 8.44. The smallest absolute Gasteiger partial charge is 0.230 e. The highest BCUT2D eigenvalue weighted by atomic mass is 79.9. The van der Waals surface area contributed by atoms with E-state index in [1.54, 1.807) is 11.3 Å². The van der Waals surface area contributed by atoms with E-state index in [-0.39, 0.29) is 11.9 Å². The Labute approximate surface area is 143 Å². The van der Waals surface area contributed by atoms with E-state index in [9.17, 15) is 5.11 Å². The van der Waals surface area contributed by atoms with Crippen molar-refractivity contribution in [1.82, 2.24) is 19.5 Å². The molecule has 22 heavy (non-hydrogen) atoms. The SMILES string of the molecule is Oc1c([C@@H](c2ccc(Br)s2)N2CCOCC2)sc2ncnn12. The predicted octanol–water partition coefficient (Wildman–Crippen LogP) is 2.74. The van der Waals surface area contributed by atoms with E-state index in [4.69, 9.17) is 4.74 Å². The summed E-state index contributed by atoms with van der Waals surface area (Å²) in [6.45, 7) is 3.11.